The van der Waals surface area contributed by atoms with Crippen molar-refractivity contribution in [3.8, 4) is 5.75 Å². The molecule has 2 aliphatic carbocycles. The lowest BCUT2D eigenvalue weighted by Crippen LogP contribution is -2.35. The van der Waals surface area contributed by atoms with E-state index in [0.29, 0.717) is 12.0 Å². The zero-order chi connectivity index (χ0) is 13.1. The van der Waals surface area contributed by atoms with E-state index in [9.17, 15) is 0 Å². The average molecular weight is 259 g/mol. The molecule has 2 aliphatic rings. The van der Waals surface area contributed by atoms with Crippen LogP contribution in [0.4, 0.5) is 0 Å². The van der Waals surface area contributed by atoms with E-state index >= 15 is 0 Å². The van der Waals surface area contributed by atoms with E-state index in [0.717, 1.165) is 12.3 Å². The van der Waals surface area contributed by atoms with Gasteiger partial charge in [-0.25, -0.2) is 0 Å². The maximum Gasteiger partial charge on any atom is 0.123 e. The largest absolute Gasteiger partial charge is 0.490 e. The van der Waals surface area contributed by atoms with Crippen molar-refractivity contribution in [3.63, 3.8) is 0 Å². The Balaban J connectivity index is 1.78. The second kappa shape index (κ2) is 5.96. The standard InChI is InChI=1S/C17H25NO/c18-12-14-7-2-4-10-16(14)19-17-11-5-8-13-6-1-3-9-15(13)17/h5,8,11,14,16H,1-4,6-7,9-10,12,18H2. The molecule has 104 valence electrons. The zero-order valence-corrected chi connectivity index (χ0v) is 11.7. The Hall–Kier alpha value is -1.02. The van der Waals surface area contributed by atoms with Gasteiger partial charge in [0.1, 0.15) is 11.9 Å². The highest BCUT2D eigenvalue weighted by Crippen LogP contribution is 2.33. The zero-order valence-electron chi connectivity index (χ0n) is 11.7. The third-order valence-corrected chi connectivity index (χ3v) is 4.77. The van der Waals surface area contributed by atoms with Gasteiger partial charge in [0, 0.05) is 5.92 Å². The van der Waals surface area contributed by atoms with Crippen molar-refractivity contribution >= 4 is 0 Å². The molecule has 1 aromatic rings. The second-order valence-corrected chi connectivity index (χ2v) is 6.04. The first-order valence-electron chi connectivity index (χ1n) is 7.86. The molecule has 1 aromatic carbocycles. The highest BCUT2D eigenvalue weighted by Gasteiger charge is 2.26. The van der Waals surface area contributed by atoms with Gasteiger partial charge < -0.3 is 10.5 Å². The summed E-state index contributed by atoms with van der Waals surface area (Å²) in [6.07, 6.45) is 10.4. The van der Waals surface area contributed by atoms with Crippen LogP contribution in [0, 0.1) is 5.92 Å². The molecule has 0 aromatic heterocycles. The predicted molar refractivity (Wildman–Crippen MR) is 78.5 cm³/mol. The van der Waals surface area contributed by atoms with E-state index in [1.54, 1.807) is 0 Å². The van der Waals surface area contributed by atoms with Gasteiger partial charge in [0.05, 0.1) is 0 Å². The van der Waals surface area contributed by atoms with Crippen molar-refractivity contribution in [1.82, 2.24) is 0 Å². The molecule has 0 saturated heterocycles. The van der Waals surface area contributed by atoms with Gasteiger partial charge in [-0.2, -0.15) is 0 Å². The summed E-state index contributed by atoms with van der Waals surface area (Å²) < 4.78 is 6.38. The van der Waals surface area contributed by atoms with E-state index in [4.69, 9.17) is 10.5 Å². The molecule has 0 bridgehead atoms. The first-order valence-corrected chi connectivity index (χ1v) is 7.86. The molecule has 2 nitrogen and oxygen atoms in total. The summed E-state index contributed by atoms with van der Waals surface area (Å²) in [6, 6.07) is 6.58. The number of ether oxygens (including phenoxy) is 1. The summed E-state index contributed by atoms with van der Waals surface area (Å²) in [5.41, 5.74) is 8.88. The number of rotatable bonds is 3. The summed E-state index contributed by atoms with van der Waals surface area (Å²) in [5, 5.41) is 0. The predicted octanol–water partition coefficient (Wildman–Crippen LogP) is 3.46. The van der Waals surface area contributed by atoms with Crippen LogP contribution in [0.25, 0.3) is 0 Å². The summed E-state index contributed by atoms with van der Waals surface area (Å²) >= 11 is 0. The Morgan fingerprint density at radius 1 is 1.05 bits per heavy atom. The molecule has 0 amide bonds. The number of hydrogen-bond acceptors (Lipinski definition) is 2. The molecule has 0 aliphatic heterocycles. The average Bonchev–Trinajstić information content (AvgIpc) is 2.48. The Morgan fingerprint density at radius 2 is 1.89 bits per heavy atom. The van der Waals surface area contributed by atoms with Gasteiger partial charge in [-0.1, -0.05) is 18.6 Å². The SMILES string of the molecule is NCC1CCCCC1Oc1cccc2c1CCCC2. The first-order chi connectivity index (χ1) is 9.38. The third-order valence-electron chi connectivity index (χ3n) is 4.77. The maximum absolute atomic E-state index is 6.38. The quantitative estimate of drug-likeness (QED) is 0.902. The number of nitrogens with two attached hydrogens (primary N) is 1. The summed E-state index contributed by atoms with van der Waals surface area (Å²) in [4.78, 5) is 0. The lowest BCUT2D eigenvalue weighted by molar-refractivity contribution is 0.0957. The molecule has 2 N–H and O–H groups in total. The Labute approximate surface area is 116 Å². The smallest absolute Gasteiger partial charge is 0.123 e. The van der Waals surface area contributed by atoms with Gasteiger partial charge in [-0.15, -0.1) is 0 Å². The minimum absolute atomic E-state index is 0.340. The summed E-state index contributed by atoms with van der Waals surface area (Å²) in [6.45, 7) is 0.764. The summed E-state index contributed by atoms with van der Waals surface area (Å²) in [5.74, 6) is 1.69. The molecule has 1 saturated carbocycles. The number of aryl methyl sites for hydroxylation is 1. The molecule has 3 rings (SSSR count). The molecular formula is C17H25NO. The van der Waals surface area contributed by atoms with Crippen LogP contribution in [0.3, 0.4) is 0 Å². The van der Waals surface area contributed by atoms with Crippen molar-refractivity contribution in [3.05, 3.63) is 29.3 Å². The van der Waals surface area contributed by atoms with Crippen LogP contribution < -0.4 is 10.5 Å². The molecule has 1 fully saturated rings. The van der Waals surface area contributed by atoms with Gasteiger partial charge in [-0.05, 0) is 68.7 Å². The topological polar surface area (TPSA) is 35.2 Å². The molecule has 2 atom stereocenters. The van der Waals surface area contributed by atoms with Crippen LogP contribution in [-0.4, -0.2) is 12.6 Å². The minimum atomic E-state index is 0.340. The van der Waals surface area contributed by atoms with Gasteiger partial charge in [-0.3, -0.25) is 0 Å². The highest BCUT2D eigenvalue weighted by molar-refractivity contribution is 5.41. The van der Waals surface area contributed by atoms with Gasteiger partial charge >= 0.3 is 0 Å². The van der Waals surface area contributed by atoms with Crippen molar-refractivity contribution in [2.24, 2.45) is 11.7 Å². The first kappa shape index (κ1) is 13.0. The fourth-order valence-corrected chi connectivity index (χ4v) is 3.62. The molecule has 0 spiro atoms. The molecule has 19 heavy (non-hydrogen) atoms. The van der Waals surface area contributed by atoms with Crippen LogP contribution in [0.15, 0.2) is 18.2 Å². The fourth-order valence-electron chi connectivity index (χ4n) is 3.62. The van der Waals surface area contributed by atoms with Crippen molar-refractivity contribution < 1.29 is 4.74 Å². The highest BCUT2D eigenvalue weighted by atomic mass is 16.5. The minimum Gasteiger partial charge on any atom is -0.490 e. The lowest BCUT2D eigenvalue weighted by Gasteiger charge is -2.32. The third kappa shape index (κ3) is 2.79. The van der Waals surface area contributed by atoms with Crippen molar-refractivity contribution in [1.29, 1.82) is 0 Å². The van der Waals surface area contributed by atoms with E-state index in [1.807, 2.05) is 0 Å². The fraction of sp³-hybridized carbons (Fsp3) is 0.647. The van der Waals surface area contributed by atoms with Crippen LogP contribution >= 0.6 is 0 Å². The maximum atomic E-state index is 6.38. The van der Waals surface area contributed by atoms with Crippen molar-refractivity contribution in [2.45, 2.75) is 57.5 Å². The lowest BCUT2D eigenvalue weighted by atomic mass is 9.86. The van der Waals surface area contributed by atoms with E-state index < -0.39 is 0 Å². The molecule has 2 heteroatoms. The van der Waals surface area contributed by atoms with E-state index in [1.165, 1.54) is 62.5 Å². The van der Waals surface area contributed by atoms with E-state index in [2.05, 4.69) is 18.2 Å². The van der Waals surface area contributed by atoms with Gasteiger partial charge in [0.2, 0.25) is 0 Å². The Kier molecular flexibility index (Phi) is 4.07. The van der Waals surface area contributed by atoms with Crippen LogP contribution in [0.2, 0.25) is 0 Å². The number of hydrogen-bond donors (Lipinski definition) is 1. The van der Waals surface area contributed by atoms with Crippen LogP contribution in [-0.2, 0) is 12.8 Å². The van der Waals surface area contributed by atoms with Gasteiger partial charge in [0.15, 0.2) is 0 Å². The Bertz CT molecular complexity index is 429. The molecular weight excluding hydrogens is 234 g/mol. The normalized spacial score (nSPS) is 26.8. The number of fused-ring (bicyclic) bond motifs is 1. The molecule has 2 unspecified atom stereocenters. The Morgan fingerprint density at radius 3 is 2.79 bits per heavy atom. The molecule has 0 radical (unpaired) electrons. The number of benzene rings is 1. The van der Waals surface area contributed by atoms with Crippen molar-refractivity contribution in [2.75, 3.05) is 6.54 Å². The van der Waals surface area contributed by atoms with Gasteiger partial charge in [0.25, 0.3) is 0 Å². The van der Waals surface area contributed by atoms with Crippen LogP contribution in [0.5, 0.6) is 5.75 Å². The molecule has 0 heterocycles. The van der Waals surface area contributed by atoms with E-state index in [-0.39, 0.29) is 0 Å². The monoisotopic (exact) mass is 259 g/mol. The second-order valence-electron chi connectivity index (χ2n) is 6.04. The van der Waals surface area contributed by atoms with Crippen LogP contribution in [0.1, 0.15) is 49.7 Å². The summed E-state index contributed by atoms with van der Waals surface area (Å²) in [7, 11) is 0.